The summed E-state index contributed by atoms with van der Waals surface area (Å²) in [6, 6.07) is 6.88. The summed E-state index contributed by atoms with van der Waals surface area (Å²) in [6.45, 7) is 1.79. The summed E-state index contributed by atoms with van der Waals surface area (Å²) in [5.41, 5.74) is 1.13. The van der Waals surface area contributed by atoms with Gasteiger partial charge in [0.2, 0.25) is 0 Å². The lowest BCUT2D eigenvalue weighted by Gasteiger charge is -2.22. The molecule has 0 bridgehead atoms. The Morgan fingerprint density at radius 1 is 1.40 bits per heavy atom. The smallest absolute Gasteiger partial charge is 0.254 e. The van der Waals surface area contributed by atoms with E-state index >= 15 is 0 Å². The van der Waals surface area contributed by atoms with Crippen LogP contribution in [0.2, 0.25) is 0 Å². The van der Waals surface area contributed by atoms with E-state index in [1.54, 1.807) is 38.4 Å². The highest BCUT2D eigenvalue weighted by Gasteiger charge is 2.21. The minimum atomic E-state index is -0.489. The van der Waals surface area contributed by atoms with Gasteiger partial charge in [0, 0.05) is 38.4 Å². The average Bonchev–Trinajstić information content (AvgIpc) is 2.47. The van der Waals surface area contributed by atoms with E-state index < -0.39 is 6.10 Å². The molecule has 1 aromatic carbocycles. The molecule has 0 saturated carbocycles. The first-order valence-corrected chi connectivity index (χ1v) is 6.53. The molecular formula is C14H19N3O3. The zero-order chi connectivity index (χ0) is 14.5. The number of hydrogen-bond acceptors (Lipinski definition) is 4. The fourth-order valence-electron chi connectivity index (χ4n) is 1.94. The monoisotopic (exact) mass is 277 g/mol. The fourth-order valence-corrected chi connectivity index (χ4v) is 1.94. The first-order valence-electron chi connectivity index (χ1n) is 6.53. The van der Waals surface area contributed by atoms with Crippen molar-refractivity contribution in [3.05, 3.63) is 29.8 Å². The maximum Gasteiger partial charge on any atom is 0.254 e. The van der Waals surface area contributed by atoms with E-state index in [0.717, 1.165) is 6.54 Å². The predicted molar refractivity (Wildman–Crippen MR) is 75.7 cm³/mol. The maximum atomic E-state index is 12.0. The molecule has 6 heteroatoms. The molecule has 0 aliphatic carbocycles. The standard InChI is InChI=1S/C14H19N3O3/c1-17(2)14(19)10-4-3-5-11(8-10)16-13(18)12-9-15-6-7-20-12/h3-5,8,12,15H,6-7,9H2,1-2H3,(H,16,18). The van der Waals surface area contributed by atoms with Gasteiger partial charge in [-0.1, -0.05) is 6.07 Å². The number of benzene rings is 1. The van der Waals surface area contributed by atoms with Gasteiger partial charge in [-0.2, -0.15) is 0 Å². The molecule has 1 aliphatic heterocycles. The Hall–Kier alpha value is -1.92. The summed E-state index contributed by atoms with van der Waals surface area (Å²) >= 11 is 0. The number of rotatable bonds is 3. The van der Waals surface area contributed by atoms with Gasteiger partial charge in [-0.15, -0.1) is 0 Å². The highest BCUT2D eigenvalue weighted by atomic mass is 16.5. The van der Waals surface area contributed by atoms with Gasteiger partial charge in [-0.3, -0.25) is 9.59 Å². The van der Waals surface area contributed by atoms with E-state index in [-0.39, 0.29) is 11.8 Å². The van der Waals surface area contributed by atoms with Crippen molar-refractivity contribution in [1.82, 2.24) is 10.2 Å². The van der Waals surface area contributed by atoms with Crippen LogP contribution in [0.25, 0.3) is 0 Å². The molecule has 0 aromatic heterocycles. The van der Waals surface area contributed by atoms with Crippen molar-refractivity contribution in [3.8, 4) is 0 Å². The van der Waals surface area contributed by atoms with Crippen LogP contribution in [0.4, 0.5) is 5.69 Å². The van der Waals surface area contributed by atoms with Gasteiger partial charge in [-0.05, 0) is 18.2 Å². The quantitative estimate of drug-likeness (QED) is 0.834. The third kappa shape index (κ3) is 3.55. The van der Waals surface area contributed by atoms with Gasteiger partial charge in [0.15, 0.2) is 0 Å². The Bertz CT molecular complexity index is 496. The third-order valence-electron chi connectivity index (χ3n) is 3.00. The van der Waals surface area contributed by atoms with Gasteiger partial charge in [0.1, 0.15) is 6.10 Å². The van der Waals surface area contributed by atoms with Crippen LogP contribution in [0.5, 0.6) is 0 Å². The van der Waals surface area contributed by atoms with E-state index in [2.05, 4.69) is 10.6 Å². The number of nitrogens with zero attached hydrogens (tertiary/aromatic N) is 1. The number of hydrogen-bond donors (Lipinski definition) is 2. The second kappa shape index (κ2) is 6.49. The lowest BCUT2D eigenvalue weighted by Crippen LogP contribution is -2.45. The van der Waals surface area contributed by atoms with Crippen molar-refractivity contribution in [2.75, 3.05) is 39.1 Å². The SMILES string of the molecule is CN(C)C(=O)c1cccc(NC(=O)C2CNCCO2)c1. The molecule has 1 fully saturated rings. The molecule has 6 nitrogen and oxygen atoms in total. The Balaban J connectivity index is 2.04. The van der Waals surface area contributed by atoms with Crippen LogP contribution in [-0.2, 0) is 9.53 Å². The van der Waals surface area contributed by atoms with Crippen molar-refractivity contribution in [3.63, 3.8) is 0 Å². The molecule has 1 heterocycles. The van der Waals surface area contributed by atoms with Crippen LogP contribution in [0.15, 0.2) is 24.3 Å². The molecule has 108 valence electrons. The van der Waals surface area contributed by atoms with Gasteiger partial charge in [0.05, 0.1) is 6.61 Å². The van der Waals surface area contributed by atoms with E-state index in [0.29, 0.717) is 24.4 Å². The summed E-state index contributed by atoms with van der Waals surface area (Å²) in [5, 5.41) is 5.87. The minimum Gasteiger partial charge on any atom is -0.366 e. The van der Waals surface area contributed by atoms with Crippen molar-refractivity contribution >= 4 is 17.5 Å². The maximum absolute atomic E-state index is 12.0. The number of amides is 2. The van der Waals surface area contributed by atoms with Crippen LogP contribution < -0.4 is 10.6 Å². The lowest BCUT2D eigenvalue weighted by atomic mass is 10.1. The largest absolute Gasteiger partial charge is 0.366 e. The van der Waals surface area contributed by atoms with Crippen LogP contribution in [-0.4, -0.2) is 56.6 Å². The van der Waals surface area contributed by atoms with E-state index in [1.165, 1.54) is 4.90 Å². The number of morpholine rings is 1. The summed E-state index contributed by atoms with van der Waals surface area (Å²) in [5.74, 6) is -0.302. The minimum absolute atomic E-state index is 0.100. The third-order valence-corrected chi connectivity index (χ3v) is 3.00. The van der Waals surface area contributed by atoms with Crippen molar-refractivity contribution < 1.29 is 14.3 Å². The van der Waals surface area contributed by atoms with E-state index in [9.17, 15) is 9.59 Å². The predicted octanol–water partition coefficient (Wildman–Crippen LogP) is 0.315. The average molecular weight is 277 g/mol. The summed E-state index contributed by atoms with van der Waals surface area (Å²) in [6.07, 6.45) is -0.489. The Morgan fingerprint density at radius 2 is 2.20 bits per heavy atom. The number of nitrogens with one attached hydrogen (secondary N) is 2. The van der Waals surface area contributed by atoms with Crippen LogP contribution in [0.1, 0.15) is 10.4 Å². The second-order valence-corrected chi connectivity index (χ2v) is 4.83. The van der Waals surface area contributed by atoms with Crippen molar-refractivity contribution in [2.24, 2.45) is 0 Å². The normalized spacial score (nSPS) is 18.4. The molecule has 0 spiro atoms. The van der Waals surface area contributed by atoms with Crippen molar-refractivity contribution in [2.45, 2.75) is 6.10 Å². The molecule has 1 saturated heterocycles. The summed E-state index contributed by atoms with van der Waals surface area (Å²) < 4.78 is 5.38. The Labute approximate surface area is 118 Å². The van der Waals surface area contributed by atoms with Gasteiger partial charge in [-0.25, -0.2) is 0 Å². The van der Waals surface area contributed by atoms with E-state index in [1.807, 2.05) is 0 Å². The van der Waals surface area contributed by atoms with Crippen molar-refractivity contribution in [1.29, 1.82) is 0 Å². The molecule has 2 rings (SSSR count). The fraction of sp³-hybridized carbons (Fsp3) is 0.429. The molecule has 1 aromatic rings. The first kappa shape index (κ1) is 14.5. The summed E-state index contributed by atoms with van der Waals surface area (Å²) in [7, 11) is 3.38. The molecule has 2 amide bonds. The van der Waals surface area contributed by atoms with Gasteiger partial charge >= 0.3 is 0 Å². The molecule has 2 N–H and O–H groups in total. The lowest BCUT2D eigenvalue weighted by molar-refractivity contribution is -0.128. The summed E-state index contributed by atoms with van der Waals surface area (Å²) in [4.78, 5) is 25.4. The topological polar surface area (TPSA) is 70.7 Å². The van der Waals surface area contributed by atoms with Crippen LogP contribution in [0, 0.1) is 0 Å². The number of ether oxygens (including phenoxy) is 1. The molecular weight excluding hydrogens is 258 g/mol. The highest BCUT2D eigenvalue weighted by Crippen LogP contribution is 2.13. The second-order valence-electron chi connectivity index (χ2n) is 4.83. The molecule has 1 unspecified atom stereocenters. The Morgan fingerprint density at radius 3 is 2.85 bits per heavy atom. The van der Waals surface area contributed by atoms with Gasteiger partial charge in [0.25, 0.3) is 11.8 Å². The Kier molecular flexibility index (Phi) is 4.70. The van der Waals surface area contributed by atoms with E-state index in [4.69, 9.17) is 4.74 Å². The van der Waals surface area contributed by atoms with Crippen LogP contribution >= 0.6 is 0 Å². The number of carbonyl (C=O) groups excluding carboxylic acids is 2. The zero-order valence-electron chi connectivity index (χ0n) is 11.7. The number of anilines is 1. The number of carbonyl (C=O) groups is 2. The molecule has 1 atom stereocenters. The molecule has 0 radical (unpaired) electrons. The first-order chi connectivity index (χ1) is 9.58. The zero-order valence-corrected chi connectivity index (χ0v) is 11.7. The molecule has 20 heavy (non-hydrogen) atoms. The van der Waals surface area contributed by atoms with Crippen LogP contribution in [0.3, 0.4) is 0 Å². The van der Waals surface area contributed by atoms with Gasteiger partial charge < -0.3 is 20.3 Å². The molecule has 1 aliphatic rings. The highest BCUT2D eigenvalue weighted by molar-refractivity contribution is 5.98.